The molecule has 2 N–H and O–H groups in total. The van der Waals surface area contributed by atoms with E-state index >= 15 is 0 Å². The number of rotatable bonds is 7. The Kier molecular flexibility index (Phi) is 6.03. The van der Waals surface area contributed by atoms with E-state index in [9.17, 15) is 4.79 Å². The Hall–Kier alpha value is -1.62. The Morgan fingerprint density at radius 1 is 1.47 bits per heavy atom. The zero-order valence-electron chi connectivity index (χ0n) is 10.3. The molecule has 0 atom stereocenters. The number of amides is 1. The van der Waals surface area contributed by atoms with Crippen molar-refractivity contribution in [2.75, 3.05) is 20.2 Å². The Morgan fingerprint density at radius 2 is 2.29 bits per heavy atom. The number of nitrogens with one attached hydrogen (secondary N) is 2. The molecule has 0 saturated carbocycles. The van der Waals surface area contributed by atoms with Gasteiger partial charge in [0.25, 0.3) is 5.91 Å². The van der Waals surface area contributed by atoms with E-state index in [1.165, 1.54) is 0 Å². The van der Waals surface area contributed by atoms with Crippen molar-refractivity contribution in [3.05, 3.63) is 24.0 Å². The molecule has 94 valence electrons. The zero-order chi connectivity index (χ0) is 12.5. The second-order valence-electron chi connectivity index (χ2n) is 3.62. The van der Waals surface area contributed by atoms with Gasteiger partial charge in [-0.1, -0.05) is 6.92 Å². The molecule has 1 aromatic rings. The Morgan fingerprint density at radius 3 is 2.88 bits per heavy atom. The van der Waals surface area contributed by atoms with E-state index in [2.05, 4.69) is 22.5 Å². The number of pyridine rings is 1. The SMILES string of the molecule is CCCNCc1ccc(OCC(=O)NC)cn1. The minimum absolute atomic E-state index is 0.0195. The smallest absolute Gasteiger partial charge is 0.257 e. The van der Waals surface area contributed by atoms with Gasteiger partial charge in [0.05, 0.1) is 11.9 Å². The van der Waals surface area contributed by atoms with Crippen molar-refractivity contribution < 1.29 is 9.53 Å². The summed E-state index contributed by atoms with van der Waals surface area (Å²) in [6.45, 7) is 3.88. The van der Waals surface area contributed by atoms with Gasteiger partial charge in [-0.2, -0.15) is 0 Å². The normalized spacial score (nSPS) is 10.0. The fourth-order valence-corrected chi connectivity index (χ4v) is 1.22. The van der Waals surface area contributed by atoms with E-state index in [0.29, 0.717) is 5.75 Å². The van der Waals surface area contributed by atoms with Crippen LogP contribution in [0.2, 0.25) is 0 Å². The van der Waals surface area contributed by atoms with Gasteiger partial charge in [-0.05, 0) is 25.1 Å². The predicted octanol–water partition coefficient (Wildman–Crippen LogP) is 0.706. The topological polar surface area (TPSA) is 63.2 Å². The lowest BCUT2D eigenvalue weighted by atomic mass is 10.3. The maximum Gasteiger partial charge on any atom is 0.257 e. The summed E-state index contributed by atoms with van der Waals surface area (Å²) in [4.78, 5) is 15.2. The monoisotopic (exact) mass is 237 g/mol. The third-order valence-corrected chi connectivity index (χ3v) is 2.18. The van der Waals surface area contributed by atoms with Gasteiger partial charge in [-0.15, -0.1) is 0 Å². The van der Waals surface area contributed by atoms with Crippen molar-refractivity contribution in [3.63, 3.8) is 0 Å². The number of hydrogen-bond donors (Lipinski definition) is 2. The lowest BCUT2D eigenvalue weighted by Gasteiger charge is -2.06. The van der Waals surface area contributed by atoms with Gasteiger partial charge >= 0.3 is 0 Å². The summed E-state index contributed by atoms with van der Waals surface area (Å²) in [5.74, 6) is 0.450. The Balaban J connectivity index is 2.36. The summed E-state index contributed by atoms with van der Waals surface area (Å²) in [7, 11) is 1.58. The second-order valence-corrected chi connectivity index (χ2v) is 3.62. The lowest BCUT2D eigenvalue weighted by molar-refractivity contribution is -0.122. The van der Waals surface area contributed by atoms with Gasteiger partial charge in [0.2, 0.25) is 0 Å². The number of hydrogen-bond acceptors (Lipinski definition) is 4. The van der Waals surface area contributed by atoms with Crippen LogP contribution in [0.1, 0.15) is 19.0 Å². The van der Waals surface area contributed by atoms with Gasteiger partial charge in [0.15, 0.2) is 6.61 Å². The minimum atomic E-state index is -0.154. The molecule has 5 nitrogen and oxygen atoms in total. The molecule has 0 unspecified atom stereocenters. The zero-order valence-corrected chi connectivity index (χ0v) is 10.3. The third kappa shape index (κ3) is 5.31. The average molecular weight is 237 g/mol. The Labute approximate surface area is 102 Å². The van der Waals surface area contributed by atoms with Crippen LogP contribution in [0.5, 0.6) is 5.75 Å². The lowest BCUT2D eigenvalue weighted by Crippen LogP contribution is -2.24. The van der Waals surface area contributed by atoms with Crippen molar-refractivity contribution in [2.24, 2.45) is 0 Å². The highest BCUT2D eigenvalue weighted by Crippen LogP contribution is 2.08. The average Bonchev–Trinajstić information content (AvgIpc) is 2.37. The molecule has 0 aliphatic carbocycles. The van der Waals surface area contributed by atoms with Crippen molar-refractivity contribution in [1.29, 1.82) is 0 Å². The molecule has 0 aromatic carbocycles. The van der Waals surface area contributed by atoms with Crippen molar-refractivity contribution in [3.8, 4) is 5.75 Å². The van der Waals surface area contributed by atoms with Gasteiger partial charge in [-0.25, -0.2) is 0 Å². The summed E-state index contributed by atoms with van der Waals surface area (Å²) in [5.41, 5.74) is 0.964. The van der Waals surface area contributed by atoms with Crippen LogP contribution >= 0.6 is 0 Å². The van der Waals surface area contributed by atoms with Crippen LogP contribution in [-0.4, -0.2) is 31.1 Å². The molecule has 0 fully saturated rings. The highest BCUT2D eigenvalue weighted by atomic mass is 16.5. The predicted molar refractivity (Wildman–Crippen MR) is 65.8 cm³/mol. The quantitative estimate of drug-likeness (QED) is 0.685. The van der Waals surface area contributed by atoms with Gasteiger partial charge < -0.3 is 15.4 Å². The fourth-order valence-electron chi connectivity index (χ4n) is 1.22. The number of carbonyl (C=O) groups is 1. The molecule has 1 amide bonds. The first kappa shape index (κ1) is 13.4. The van der Waals surface area contributed by atoms with Crippen molar-refractivity contribution in [2.45, 2.75) is 19.9 Å². The maximum atomic E-state index is 11.0. The van der Waals surface area contributed by atoms with E-state index in [1.807, 2.05) is 12.1 Å². The van der Waals surface area contributed by atoms with Crippen molar-refractivity contribution in [1.82, 2.24) is 15.6 Å². The summed E-state index contributed by atoms with van der Waals surface area (Å²) in [6, 6.07) is 3.71. The number of nitrogens with zero attached hydrogens (tertiary/aromatic N) is 1. The molecule has 1 heterocycles. The van der Waals surface area contributed by atoms with E-state index < -0.39 is 0 Å². The van der Waals surface area contributed by atoms with Crippen LogP contribution in [0, 0.1) is 0 Å². The van der Waals surface area contributed by atoms with Gasteiger partial charge in [-0.3, -0.25) is 9.78 Å². The molecule has 0 radical (unpaired) electrons. The molecule has 5 heteroatoms. The fraction of sp³-hybridized carbons (Fsp3) is 0.500. The molecule has 0 aliphatic rings. The number of carbonyl (C=O) groups excluding carboxylic acids is 1. The minimum Gasteiger partial charge on any atom is -0.482 e. The van der Waals surface area contributed by atoms with E-state index in [0.717, 1.165) is 25.2 Å². The van der Waals surface area contributed by atoms with E-state index in [1.54, 1.807) is 13.2 Å². The standard InChI is InChI=1S/C12H19N3O2/c1-3-6-14-7-10-4-5-11(8-15-10)17-9-12(16)13-2/h4-5,8,14H,3,6-7,9H2,1-2H3,(H,13,16). The van der Waals surface area contributed by atoms with E-state index in [4.69, 9.17) is 4.74 Å². The molecule has 0 saturated heterocycles. The van der Waals surface area contributed by atoms with Gasteiger partial charge in [0, 0.05) is 13.6 Å². The first-order valence-corrected chi connectivity index (χ1v) is 5.75. The number of ether oxygens (including phenoxy) is 1. The van der Waals surface area contributed by atoms with Crippen LogP contribution in [0.3, 0.4) is 0 Å². The summed E-state index contributed by atoms with van der Waals surface area (Å²) >= 11 is 0. The first-order valence-electron chi connectivity index (χ1n) is 5.75. The first-order chi connectivity index (χ1) is 8.26. The molecular formula is C12H19N3O2. The second kappa shape index (κ2) is 7.62. The molecule has 1 rings (SSSR count). The molecule has 0 bridgehead atoms. The highest BCUT2D eigenvalue weighted by Gasteiger charge is 2.00. The molecular weight excluding hydrogens is 218 g/mol. The molecule has 0 aliphatic heterocycles. The van der Waals surface area contributed by atoms with Crippen LogP contribution in [-0.2, 0) is 11.3 Å². The summed E-state index contributed by atoms with van der Waals surface area (Å²) < 4.78 is 5.24. The largest absolute Gasteiger partial charge is 0.482 e. The highest BCUT2D eigenvalue weighted by molar-refractivity contribution is 5.77. The summed E-state index contributed by atoms with van der Waals surface area (Å²) in [6.07, 6.45) is 2.74. The van der Waals surface area contributed by atoms with Gasteiger partial charge in [0.1, 0.15) is 5.75 Å². The van der Waals surface area contributed by atoms with Crippen LogP contribution in [0.25, 0.3) is 0 Å². The van der Waals surface area contributed by atoms with Crippen LogP contribution in [0.15, 0.2) is 18.3 Å². The molecule has 17 heavy (non-hydrogen) atoms. The van der Waals surface area contributed by atoms with Crippen LogP contribution in [0.4, 0.5) is 0 Å². The van der Waals surface area contributed by atoms with Crippen molar-refractivity contribution >= 4 is 5.91 Å². The maximum absolute atomic E-state index is 11.0. The Bertz CT molecular complexity index is 338. The number of likely N-dealkylation sites (N-methyl/N-ethyl adjacent to an activating group) is 1. The molecule has 0 spiro atoms. The molecule has 1 aromatic heterocycles. The number of aromatic nitrogens is 1. The van der Waals surface area contributed by atoms with E-state index in [-0.39, 0.29) is 12.5 Å². The summed E-state index contributed by atoms with van der Waals surface area (Å²) in [5, 5.41) is 5.75. The third-order valence-electron chi connectivity index (χ3n) is 2.18. The van der Waals surface area contributed by atoms with Crippen LogP contribution < -0.4 is 15.4 Å².